The van der Waals surface area contributed by atoms with Gasteiger partial charge in [0.2, 0.25) is 5.91 Å². The molecule has 0 spiro atoms. The van der Waals surface area contributed by atoms with Crippen LogP contribution < -0.4 is 5.32 Å². The summed E-state index contributed by atoms with van der Waals surface area (Å²) in [6.45, 7) is 4.24. The largest absolute Gasteiger partial charge is 0.481 e. The van der Waals surface area contributed by atoms with Gasteiger partial charge in [0.15, 0.2) is 0 Å². The second-order valence-corrected chi connectivity index (χ2v) is 8.32. The van der Waals surface area contributed by atoms with Crippen molar-refractivity contribution in [2.75, 3.05) is 0 Å². The van der Waals surface area contributed by atoms with Crippen LogP contribution in [0.5, 0.6) is 0 Å². The number of carbonyl (C=O) groups excluding carboxylic acids is 1. The number of rotatable bonds is 3. The Kier molecular flexibility index (Phi) is 4.34. The molecule has 1 saturated heterocycles. The fraction of sp³-hybridized carbons (Fsp3) is 0.833. The Balaban J connectivity index is 1.89. The van der Waals surface area contributed by atoms with E-state index in [4.69, 9.17) is 5.11 Å². The standard InChI is InChI=1S/C18H28N2O4/c1-17(9-8-16(22)23)12-7-10-18(2)13(4-6-15(21)19-18)11(12)3-5-14(17)20-24/h11-13,24H,3-10H2,1-2H3,(H,19,21)(H,22,23)/t11-,12+,13+,17-,18+/m1/s1. The molecule has 1 amide bonds. The van der Waals surface area contributed by atoms with Crippen molar-refractivity contribution in [2.24, 2.45) is 28.3 Å². The van der Waals surface area contributed by atoms with Crippen LogP contribution in [0, 0.1) is 23.2 Å². The molecule has 2 aliphatic carbocycles. The zero-order valence-corrected chi connectivity index (χ0v) is 14.5. The summed E-state index contributed by atoms with van der Waals surface area (Å²) >= 11 is 0. The lowest BCUT2D eigenvalue weighted by molar-refractivity contribution is -0.138. The number of amides is 1. The molecular formula is C18H28N2O4. The van der Waals surface area contributed by atoms with Crippen molar-refractivity contribution in [1.29, 1.82) is 0 Å². The number of hydrogen-bond acceptors (Lipinski definition) is 4. The van der Waals surface area contributed by atoms with E-state index in [0.29, 0.717) is 37.0 Å². The van der Waals surface area contributed by atoms with E-state index >= 15 is 0 Å². The molecule has 0 unspecified atom stereocenters. The maximum Gasteiger partial charge on any atom is 0.303 e. The van der Waals surface area contributed by atoms with Gasteiger partial charge in [0.05, 0.1) is 5.71 Å². The molecule has 3 rings (SSSR count). The van der Waals surface area contributed by atoms with Gasteiger partial charge < -0.3 is 15.6 Å². The van der Waals surface area contributed by atoms with E-state index in [2.05, 4.69) is 24.3 Å². The van der Waals surface area contributed by atoms with Crippen molar-refractivity contribution in [3.63, 3.8) is 0 Å². The lowest BCUT2D eigenvalue weighted by atomic mass is 9.49. The maximum atomic E-state index is 11.9. The summed E-state index contributed by atoms with van der Waals surface area (Å²) in [5, 5.41) is 25.4. The van der Waals surface area contributed by atoms with Gasteiger partial charge in [-0.1, -0.05) is 12.1 Å². The Morgan fingerprint density at radius 2 is 2.00 bits per heavy atom. The number of oxime groups is 1. The number of fused-ring (bicyclic) bond motifs is 3. The molecule has 1 aliphatic heterocycles. The molecule has 0 aromatic rings. The number of nitrogens with zero attached hydrogens (tertiary/aromatic N) is 1. The number of carboxylic acid groups (broad SMARTS) is 1. The maximum absolute atomic E-state index is 11.9. The zero-order chi connectivity index (χ0) is 17.5. The van der Waals surface area contributed by atoms with Gasteiger partial charge in [-0.15, -0.1) is 0 Å². The lowest BCUT2D eigenvalue weighted by Gasteiger charge is -2.58. The van der Waals surface area contributed by atoms with Crippen molar-refractivity contribution in [3.8, 4) is 0 Å². The molecule has 3 aliphatic rings. The molecule has 3 fully saturated rings. The number of carbonyl (C=O) groups is 2. The van der Waals surface area contributed by atoms with Gasteiger partial charge >= 0.3 is 5.97 Å². The molecule has 6 heteroatoms. The summed E-state index contributed by atoms with van der Waals surface area (Å²) in [6, 6.07) is 0. The van der Waals surface area contributed by atoms with Crippen LogP contribution in [0.3, 0.4) is 0 Å². The van der Waals surface area contributed by atoms with Crippen LogP contribution in [0.25, 0.3) is 0 Å². The summed E-state index contributed by atoms with van der Waals surface area (Å²) in [5.74, 6) is 0.548. The van der Waals surface area contributed by atoms with E-state index in [9.17, 15) is 14.8 Å². The molecule has 5 atom stereocenters. The highest BCUT2D eigenvalue weighted by atomic mass is 16.4. The summed E-state index contributed by atoms with van der Waals surface area (Å²) < 4.78 is 0. The zero-order valence-electron chi connectivity index (χ0n) is 14.5. The van der Waals surface area contributed by atoms with Gasteiger partial charge in [0, 0.05) is 23.8 Å². The average Bonchev–Trinajstić information content (AvgIpc) is 2.52. The van der Waals surface area contributed by atoms with Crippen LogP contribution in [0.15, 0.2) is 5.16 Å². The van der Waals surface area contributed by atoms with E-state index < -0.39 is 5.97 Å². The molecule has 24 heavy (non-hydrogen) atoms. The fourth-order valence-electron chi connectivity index (χ4n) is 5.82. The first-order valence-corrected chi connectivity index (χ1v) is 9.04. The number of nitrogens with one attached hydrogen (secondary N) is 1. The molecule has 134 valence electrons. The van der Waals surface area contributed by atoms with Gasteiger partial charge in [0.1, 0.15) is 0 Å². The molecule has 1 heterocycles. The Hall–Kier alpha value is -1.59. The van der Waals surface area contributed by atoms with E-state index in [-0.39, 0.29) is 23.3 Å². The summed E-state index contributed by atoms with van der Waals surface area (Å²) in [5.41, 5.74) is 0.255. The highest BCUT2D eigenvalue weighted by Gasteiger charge is 2.56. The average molecular weight is 336 g/mol. The van der Waals surface area contributed by atoms with Crippen molar-refractivity contribution >= 4 is 17.6 Å². The van der Waals surface area contributed by atoms with E-state index in [1.807, 2.05) is 0 Å². The van der Waals surface area contributed by atoms with Crippen molar-refractivity contribution in [1.82, 2.24) is 5.32 Å². The van der Waals surface area contributed by atoms with Crippen LogP contribution in [-0.4, -0.2) is 33.4 Å². The van der Waals surface area contributed by atoms with Crippen molar-refractivity contribution in [2.45, 2.75) is 70.8 Å². The normalized spacial score (nSPS) is 43.7. The minimum atomic E-state index is -0.804. The molecule has 0 bridgehead atoms. The van der Waals surface area contributed by atoms with Gasteiger partial charge in [-0.2, -0.15) is 0 Å². The minimum absolute atomic E-state index is 0.0947. The number of hydrogen-bond donors (Lipinski definition) is 3. The van der Waals surface area contributed by atoms with Gasteiger partial charge in [-0.25, -0.2) is 0 Å². The van der Waals surface area contributed by atoms with E-state index in [1.165, 1.54) is 0 Å². The summed E-state index contributed by atoms with van der Waals surface area (Å²) in [6.07, 6.45) is 5.62. The van der Waals surface area contributed by atoms with Gasteiger partial charge in [0.25, 0.3) is 0 Å². The first-order chi connectivity index (χ1) is 11.3. The van der Waals surface area contributed by atoms with Crippen LogP contribution in [-0.2, 0) is 9.59 Å². The molecule has 3 N–H and O–H groups in total. The summed E-state index contributed by atoms with van der Waals surface area (Å²) in [7, 11) is 0. The Morgan fingerprint density at radius 3 is 2.67 bits per heavy atom. The first kappa shape index (κ1) is 17.2. The number of carboxylic acids is 1. The smallest absolute Gasteiger partial charge is 0.303 e. The lowest BCUT2D eigenvalue weighted by Crippen LogP contribution is -2.63. The Bertz CT molecular complexity index is 575. The van der Waals surface area contributed by atoms with Crippen LogP contribution in [0.4, 0.5) is 0 Å². The molecule has 0 aromatic carbocycles. The quantitative estimate of drug-likeness (QED) is 0.545. The van der Waals surface area contributed by atoms with Gasteiger partial charge in [-0.05, 0) is 63.2 Å². The van der Waals surface area contributed by atoms with Crippen LogP contribution in [0.2, 0.25) is 0 Å². The second-order valence-electron chi connectivity index (χ2n) is 8.32. The highest BCUT2D eigenvalue weighted by Crippen LogP contribution is 2.57. The molecule has 0 radical (unpaired) electrons. The Morgan fingerprint density at radius 1 is 1.25 bits per heavy atom. The van der Waals surface area contributed by atoms with Gasteiger partial charge in [-0.3, -0.25) is 9.59 Å². The van der Waals surface area contributed by atoms with E-state index in [1.54, 1.807) is 0 Å². The van der Waals surface area contributed by atoms with Crippen molar-refractivity contribution in [3.05, 3.63) is 0 Å². The number of aliphatic carboxylic acids is 1. The third-order valence-electron chi connectivity index (χ3n) is 7.11. The fourth-order valence-corrected chi connectivity index (χ4v) is 5.82. The molecule has 2 saturated carbocycles. The third kappa shape index (κ3) is 2.70. The SMILES string of the molecule is C[C@]1(CCC(=O)O)C(=NO)CC[C@@H]2[C@@H]1CC[C@]1(C)NC(=O)CC[C@@H]21. The highest BCUT2D eigenvalue weighted by molar-refractivity contribution is 5.91. The predicted molar refractivity (Wildman–Crippen MR) is 88.9 cm³/mol. The third-order valence-corrected chi connectivity index (χ3v) is 7.11. The predicted octanol–water partition coefficient (Wildman–Crippen LogP) is 2.79. The van der Waals surface area contributed by atoms with Crippen molar-refractivity contribution < 1.29 is 19.9 Å². The summed E-state index contributed by atoms with van der Waals surface area (Å²) in [4.78, 5) is 23.0. The Labute approximate surface area is 142 Å². The second kappa shape index (κ2) is 6.05. The number of piperidine rings is 1. The molecular weight excluding hydrogens is 308 g/mol. The molecule has 0 aromatic heterocycles. The van der Waals surface area contributed by atoms with Crippen LogP contribution >= 0.6 is 0 Å². The van der Waals surface area contributed by atoms with E-state index in [0.717, 1.165) is 31.4 Å². The van der Waals surface area contributed by atoms with Crippen LogP contribution in [0.1, 0.15) is 65.2 Å². The molecule has 6 nitrogen and oxygen atoms in total. The monoisotopic (exact) mass is 336 g/mol. The topological polar surface area (TPSA) is 99.0 Å². The first-order valence-electron chi connectivity index (χ1n) is 9.04. The minimum Gasteiger partial charge on any atom is -0.481 e.